The van der Waals surface area contributed by atoms with Crippen molar-refractivity contribution < 1.29 is 40.6 Å². The zero-order valence-electron chi connectivity index (χ0n) is 22.4. The van der Waals surface area contributed by atoms with Crippen LogP contribution in [0.1, 0.15) is 29.9 Å². The highest BCUT2D eigenvalue weighted by atomic mass is 32.2. The van der Waals surface area contributed by atoms with E-state index in [9.17, 15) is 26.4 Å². The summed E-state index contributed by atoms with van der Waals surface area (Å²) in [5.41, 5.74) is 0.978. The Bertz CT molecular complexity index is 1540. The largest absolute Gasteiger partial charge is 0.496 e. The molecule has 8 nitrogen and oxygen atoms in total. The number of rotatable bonds is 8. The van der Waals surface area contributed by atoms with Gasteiger partial charge in [0.2, 0.25) is 0 Å². The number of nitrogens with zero attached hydrogens (tertiary/aromatic N) is 2. The normalized spacial score (nSPS) is 17.3. The molecule has 1 saturated heterocycles. The summed E-state index contributed by atoms with van der Waals surface area (Å²) < 4.78 is 85.2. The summed E-state index contributed by atoms with van der Waals surface area (Å²) in [6.45, 7) is 1.15. The maximum absolute atomic E-state index is 13.8. The van der Waals surface area contributed by atoms with Crippen molar-refractivity contribution in [2.75, 3.05) is 43.1 Å². The maximum Gasteiger partial charge on any atom is 0.416 e. The zero-order chi connectivity index (χ0) is 29.4. The Morgan fingerprint density at radius 2 is 1.76 bits per heavy atom. The summed E-state index contributed by atoms with van der Waals surface area (Å²) in [4.78, 5) is 13.3. The number of anilines is 2. The first-order valence-electron chi connectivity index (χ1n) is 13.0. The van der Waals surface area contributed by atoms with Crippen molar-refractivity contribution in [3.05, 3.63) is 77.9 Å². The molecular formula is C29H29F3N2O6S. The molecule has 5 rings (SSSR count). The number of methoxy groups -OCH3 is 2. The van der Waals surface area contributed by atoms with Gasteiger partial charge in [-0.25, -0.2) is 8.42 Å². The lowest BCUT2D eigenvalue weighted by Gasteiger charge is -2.43. The first-order valence-corrected chi connectivity index (χ1v) is 14.4. The third-order valence-electron chi connectivity index (χ3n) is 7.35. The third kappa shape index (κ3) is 5.79. The molecule has 0 N–H and O–H groups in total. The van der Waals surface area contributed by atoms with Gasteiger partial charge in [0.15, 0.2) is 0 Å². The minimum absolute atomic E-state index is 0.00978. The lowest BCUT2D eigenvalue weighted by molar-refractivity contribution is -0.141. The van der Waals surface area contributed by atoms with E-state index in [1.807, 2.05) is 30.3 Å². The summed E-state index contributed by atoms with van der Waals surface area (Å²) in [5, 5.41) is 0. The number of fused-ring (bicyclic) bond motifs is 1. The van der Waals surface area contributed by atoms with E-state index in [1.165, 1.54) is 7.11 Å². The molecule has 12 heteroatoms. The van der Waals surface area contributed by atoms with Gasteiger partial charge in [-0.05, 0) is 48.9 Å². The van der Waals surface area contributed by atoms with Gasteiger partial charge in [-0.15, -0.1) is 0 Å². The number of ether oxygens (including phenoxy) is 3. The summed E-state index contributed by atoms with van der Waals surface area (Å²) in [5.74, 6) is 0.787. The van der Waals surface area contributed by atoms with Crippen LogP contribution in [0.25, 0.3) is 0 Å². The average Bonchev–Trinajstić information content (AvgIpc) is 2.94. The number of esters is 1. The van der Waals surface area contributed by atoms with Gasteiger partial charge in [-0.2, -0.15) is 13.2 Å². The topological polar surface area (TPSA) is 85.4 Å². The number of carbonyl (C=O) groups excluding carboxylic acids is 1. The molecule has 0 unspecified atom stereocenters. The van der Waals surface area contributed by atoms with Crippen LogP contribution in [0, 0.1) is 0 Å². The van der Waals surface area contributed by atoms with E-state index in [2.05, 4.69) is 9.64 Å². The summed E-state index contributed by atoms with van der Waals surface area (Å²) >= 11 is 0. The number of halogens is 3. The van der Waals surface area contributed by atoms with Crippen LogP contribution in [0.5, 0.6) is 11.5 Å². The molecule has 1 atom stereocenters. The molecule has 218 valence electrons. The second-order valence-corrected chi connectivity index (χ2v) is 11.8. The Hall–Kier alpha value is -3.93. The first kappa shape index (κ1) is 28.6. The second-order valence-electron chi connectivity index (χ2n) is 9.91. The van der Waals surface area contributed by atoms with Crippen LogP contribution in [-0.4, -0.2) is 54.3 Å². The van der Waals surface area contributed by atoms with Crippen LogP contribution in [0.2, 0.25) is 0 Å². The van der Waals surface area contributed by atoms with E-state index in [-0.39, 0.29) is 36.7 Å². The molecule has 0 aliphatic carbocycles. The molecular weight excluding hydrogens is 561 g/mol. The predicted octanol–water partition coefficient (Wildman–Crippen LogP) is 5.23. The Morgan fingerprint density at radius 3 is 2.46 bits per heavy atom. The Labute approximate surface area is 236 Å². The van der Waals surface area contributed by atoms with Crippen LogP contribution in [0.3, 0.4) is 0 Å². The number of hydrogen-bond donors (Lipinski definition) is 0. The first-order chi connectivity index (χ1) is 19.5. The molecule has 2 aliphatic rings. The van der Waals surface area contributed by atoms with Crippen LogP contribution >= 0.6 is 0 Å². The number of benzene rings is 3. The Kier molecular flexibility index (Phi) is 7.78. The van der Waals surface area contributed by atoms with E-state index in [0.717, 1.165) is 39.5 Å². The average molecular weight is 591 g/mol. The molecule has 2 aliphatic heterocycles. The van der Waals surface area contributed by atoms with Gasteiger partial charge in [0.25, 0.3) is 10.0 Å². The van der Waals surface area contributed by atoms with Gasteiger partial charge in [-0.1, -0.05) is 24.3 Å². The van der Waals surface area contributed by atoms with Crippen molar-refractivity contribution in [2.24, 2.45) is 0 Å². The standard InChI is InChI=1S/C29H29F3N2O6S/c1-38-26-9-4-3-8-24(26)19-16-33(17-19)21-10-12-27-25(15-21)34(18-22(40-27)11-13-28(35)39-2)41(36,37)23-7-5-6-20(14-23)29(30,31)32/h3-10,12,14-15,19,22H,11,13,16-18H2,1-2H3/t22-/m0/s1. The fourth-order valence-electron chi connectivity index (χ4n) is 5.11. The molecule has 3 aromatic rings. The van der Waals surface area contributed by atoms with Crippen LogP contribution in [0.15, 0.2) is 71.6 Å². The smallest absolute Gasteiger partial charge is 0.416 e. The molecule has 0 spiro atoms. The third-order valence-corrected chi connectivity index (χ3v) is 9.12. The van der Waals surface area contributed by atoms with Gasteiger partial charge in [0, 0.05) is 36.7 Å². The molecule has 2 heterocycles. The quantitative estimate of drug-likeness (QED) is 0.333. The molecule has 0 aromatic heterocycles. The molecule has 0 saturated carbocycles. The molecule has 1 fully saturated rings. The highest BCUT2D eigenvalue weighted by molar-refractivity contribution is 7.92. The Morgan fingerprint density at radius 1 is 1.00 bits per heavy atom. The number of para-hydroxylation sites is 1. The summed E-state index contributed by atoms with van der Waals surface area (Å²) in [7, 11) is -1.56. The lowest BCUT2D eigenvalue weighted by Crippen LogP contribution is -2.46. The van der Waals surface area contributed by atoms with Crippen LogP contribution in [0.4, 0.5) is 24.5 Å². The van der Waals surface area contributed by atoms with Crippen LogP contribution in [-0.2, 0) is 25.7 Å². The molecule has 41 heavy (non-hydrogen) atoms. The highest BCUT2D eigenvalue weighted by Gasteiger charge is 2.38. The van der Waals surface area contributed by atoms with Crippen molar-refractivity contribution in [2.45, 2.75) is 35.9 Å². The second kappa shape index (κ2) is 11.2. The predicted molar refractivity (Wildman–Crippen MR) is 146 cm³/mol. The molecule has 3 aromatic carbocycles. The van der Waals surface area contributed by atoms with Crippen LogP contribution < -0.4 is 18.7 Å². The minimum atomic E-state index is -4.71. The van der Waals surface area contributed by atoms with Gasteiger partial charge in [0.05, 0.1) is 36.9 Å². The van der Waals surface area contributed by atoms with Crippen molar-refractivity contribution >= 4 is 27.4 Å². The van der Waals surface area contributed by atoms with E-state index in [4.69, 9.17) is 9.47 Å². The highest BCUT2D eigenvalue weighted by Crippen LogP contribution is 2.43. The molecule has 0 radical (unpaired) electrons. The Balaban J connectivity index is 1.46. The number of alkyl halides is 3. The van der Waals surface area contributed by atoms with E-state index in [0.29, 0.717) is 19.2 Å². The van der Waals surface area contributed by atoms with Gasteiger partial charge >= 0.3 is 12.1 Å². The van der Waals surface area contributed by atoms with Crippen molar-refractivity contribution in [1.29, 1.82) is 0 Å². The number of carbonyl (C=O) groups is 1. The summed E-state index contributed by atoms with van der Waals surface area (Å²) in [6.07, 6.45) is -5.27. The number of hydrogen-bond acceptors (Lipinski definition) is 7. The zero-order valence-corrected chi connectivity index (χ0v) is 23.2. The number of sulfonamides is 1. The van der Waals surface area contributed by atoms with Crippen molar-refractivity contribution in [3.8, 4) is 11.5 Å². The molecule has 0 amide bonds. The van der Waals surface area contributed by atoms with E-state index >= 15 is 0 Å². The molecule has 0 bridgehead atoms. The fraction of sp³-hybridized carbons (Fsp3) is 0.345. The minimum Gasteiger partial charge on any atom is -0.496 e. The lowest BCUT2D eigenvalue weighted by atomic mass is 9.90. The monoisotopic (exact) mass is 590 g/mol. The van der Waals surface area contributed by atoms with Gasteiger partial charge < -0.3 is 19.1 Å². The van der Waals surface area contributed by atoms with E-state index in [1.54, 1.807) is 19.2 Å². The maximum atomic E-state index is 13.8. The SMILES string of the molecule is COC(=O)CC[C@H]1CN(S(=O)(=O)c2cccc(C(F)(F)F)c2)c2cc(N3CC(c4ccccc4OC)C3)ccc2O1. The van der Waals surface area contributed by atoms with E-state index < -0.39 is 38.7 Å². The van der Waals surface area contributed by atoms with Crippen molar-refractivity contribution in [3.63, 3.8) is 0 Å². The van der Waals surface area contributed by atoms with Gasteiger partial charge in [0.1, 0.15) is 17.6 Å². The summed E-state index contributed by atoms with van der Waals surface area (Å²) in [6, 6.07) is 16.6. The fourth-order valence-corrected chi connectivity index (χ4v) is 6.65. The van der Waals surface area contributed by atoms with Gasteiger partial charge in [-0.3, -0.25) is 9.10 Å². The van der Waals surface area contributed by atoms with Crippen molar-refractivity contribution in [1.82, 2.24) is 0 Å².